The molecule has 5 fully saturated rings. The number of ether oxygens (including phenoxy) is 2. The minimum Gasteiger partial charge on any atom is -0.423 e. The highest BCUT2D eigenvalue weighted by Crippen LogP contribution is 2.77. The van der Waals surface area contributed by atoms with Crippen LogP contribution in [0.4, 0.5) is 0 Å². The third-order valence-corrected chi connectivity index (χ3v) is 17.3. The first-order chi connectivity index (χ1) is 27.8. The molecule has 0 aromatic heterocycles. The summed E-state index contributed by atoms with van der Waals surface area (Å²) in [7, 11) is 0. The van der Waals surface area contributed by atoms with Crippen molar-refractivity contribution in [2.45, 2.75) is 158 Å². The van der Waals surface area contributed by atoms with Gasteiger partial charge in [0, 0.05) is 33.0 Å². The van der Waals surface area contributed by atoms with Crippen molar-refractivity contribution in [3.63, 3.8) is 0 Å². The van der Waals surface area contributed by atoms with Gasteiger partial charge in [-0.15, -0.1) is 0 Å². The molecule has 0 bridgehead atoms. The van der Waals surface area contributed by atoms with Gasteiger partial charge < -0.3 is 25.2 Å². The largest absolute Gasteiger partial charge is 0.423 e. The van der Waals surface area contributed by atoms with Crippen molar-refractivity contribution in [3.8, 4) is 11.5 Å². The molecule has 10 atom stereocenters. The monoisotopic (exact) mass is 815 g/mol. The molecule has 59 heavy (non-hydrogen) atoms. The van der Waals surface area contributed by atoms with E-state index in [0.717, 1.165) is 70.6 Å². The Balaban J connectivity index is 0.975. The number of carbonyl (C=O) groups is 4. The summed E-state index contributed by atoms with van der Waals surface area (Å²) in [6.07, 6.45) is 18.8. The van der Waals surface area contributed by atoms with Gasteiger partial charge >= 0.3 is 11.9 Å². The van der Waals surface area contributed by atoms with Gasteiger partial charge in [0.2, 0.25) is 11.8 Å². The van der Waals surface area contributed by atoms with Crippen LogP contribution < -0.4 is 20.1 Å². The zero-order valence-electron chi connectivity index (χ0n) is 37.5. The maximum absolute atomic E-state index is 14.5. The summed E-state index contributed by atoms with van der Waals surface area (Å²) >= 11 is 0. The molecule has 326 valence electrons. The number of allylic oxidation sites excluding steroid dienone is 1. The smallest absolute Gasteiger partial charge is 0.308 e. The van der Waals surface area contributed by atoms with E-state index >= 15 is 0 Å². The summed E-state index contributed by atoms with van der Waals surface area (Å²) in [6.45, 7) is 23.1. The Bertz CT molecular complexity index is 1800. The number of unbranched alkanes of at least 4 members (excludes halogenated alkanes) is 4. The summed E-state index contributed by atoms with van der Waals surface area (Å²) in [4.78, 5) is 49.8. The Morgan fingerprint density at radius 1 is 0.746 bits per heavy atom. The number of benzene rings is 1. The van der Waals surface area contributed by atoms with Crippen LogP contribution in [0.5, 0.6) is 11.5 Å². The fraction of sp³-hybridized carbons (Fsp3) is 0.720. The van der Waals surface area contributed by atoms with E-state index in [1.54, 1.807) is 18.2 Å². The summed E-state index contributed by atoms with van der Waals surface area (Å²) < 4.78 is 10.3. The van der Waals surface area contributed by atoms with Crippen molar-refractivity contribution in [2.24, 2.45) is 56.7 Å². The Morgan fingerprint density at radius 2 is 1.41 bits per heavy atom. The topological polar surface area (TPSA) is 131 Å². The number of fused-ring (bicyclic) bond motifs is 7. The van der Waals surface area contributed by atoms with Crippen molar-refractivity contribution in [2.75, 3.05) is 13.1 Å². The number of aliphatic hydroxyl groups excluding tert-OH is 1. The van der Waals surface area contributed by atoms with E-state index in [1.807, 2.05) is 0 Å². The highest BCUT2D eigenvalue weighted by atomic mass is 16.6. The highest BCUT2D eigenvalue weighted by molar-refractivity contribution is 5.91. The number of rotatable bonds is 14. The normalized spacial score (nSPS) is 35.7. The molecule has 0 radical (unpaired) electrons. The molecule has 9 nitrogen and oxygen atoms in total. The van der Waals surface area contributed by atoms with E-state index in [4.69, 9.17) is 9.47 Å². The quantitative estimate of drug-likeness (QED) is 0.0561. The lowest BCUT2D eigenvalue weighted by Gasteiger charge is -2.72. The van der Waals surface area contributed by atoms with E-state index in [9.17, 15) is 24.3 Å². The molecule has 4 unspecified atom stereocenters. The van der Waals surface area contributed by atoms with Crippen LogP contribution in [0, 0.1) is 56.7 Å². The van der Waals surface area contributed by atoms with Crippen LogP contribution in [0.15, 0.2) is 36.4 Å². The lowest BCUT2D eigenvalue weighted by atomic mass is 9.32. The van der Waals surface area contributed by atoms with E-state index < -0.39 is 11.9 Å². The van der Waals surface area contributed by atoms with Crippen molar-refractivity contribution in [1.29, 1.82) is 0 Å². The third-order valence-electron chi connectivity index (χ3n) is 17.3. The van der Waals surface area contributed by atoms with Gasteiger partial charge in [0.1, 0.15) is 0 Å². The van der Waals surface area contributed by atoms with Crippen LogP contribution >= 0.6 is 0 Å². The van der Waals surface area contributed by atoms with Crippen LogP contribution in [0.3, 0.4) is 0 Å². The number of hydrogen-bond donors (Lipinski definition) is 3. The lowest BCUT2D eigenvalue weighted by molar-refractivity contribution is -0.246. The minimum atomic E-state index is -0.543. The molecule has 1 aromatic rings. The maximum Gasteiger partial charge on any atom is 0.308 e. The van der Waals surface area contributed by atoms with Crippen LogP contribution in [-0.4, -0.2) is 48.1 Å². The molecule has 5 saturated carbocycles. The predicted octanol–water partition coefficient (Wildman–Crippen LogP) is 9.75. The molecule has 5 aliphatic carbocycles. The van der Waals surface area contributed by atoms with Gasteiger partial charge in [-0.1, -0.05) is 72.1 Å². The van der Waals surface area contributed by atoms with E-state index in [2.05, 4.69) is 58.8 Å². The second-order valence-electron chi connectivity index (χ2n) is 20.8. The average molecular weight is 815 g/mol. The molecule has 1 aromatic carbocycles. The van der Waals surface area contributed by atoms with E-state index in [1.165, 1.54) is 57.2 Å². The second kappa shape index (κ2) is 17.5. The predicted molar refractivity (Wildman–Crippen MR) is 232 cm³/mol. The fourth-order valence-corrected chi connectivity index (χ4v) is 14.2. The molecule has 0 spiro atoms. The van der Waals surface area contributed by atoms with Crippen molar-refractivity contribution in [3.05, 3.63) is 42.0 Å². The molecule has 2 amide bonds. The Kier molecular flexibility index (Phi) is 13.4. The number of aliphatic hydroxyl groups is 1. The first kappa shape index (κ1) is 45.1. The van der Waals surface area contributed by atoms with E-state index in [0.29, 0.717) is 48.2 Å². The highest BCUT2D eigenvalue weighted by Gasteiger charge is 2.71. The van der Waals surface area contributed by atoms with Crippen molar-refractivity contribution >= 4 is 29.8 Å². The Morgan fingerprint density at radius 3 is 2.08 bits per heavy atom. The number of hydrogen-bond acceptors (Lipinski definition) is 7. The summed E-state index contributed by atoms with van der Waals surface area (Å²) in [6, 6.07) is 4.74. The van der Waals surface area contributed by atoms with Gasteiger partial charge in [-0.25, -0.2) is 0 Å². The number of carbonyl (C=O) groups excluding carboxylic acids is 4. The first-order valence-electron chi connectivity index (χ1n) is 22.9. The van der Waals surface area contributed by atoms with Crippen LogP contribution in [0.25, 0.3) is 6.08 Å². The average Bonchev–Trinajstić information content (AvgIpc) is 3.57. The molecular formula is C50H74N2O7. The minimum absolute atomic E-state index is 0.0497. The van der Waals surface area contributed by atoms with E-state index in [-0.39, 0.29) is 56.5 Å². The van der Waals surface area contributed by atoms with Crippen molar-refractivity contribution < 1.29 is 33.8 Å². The van der Waals surface area contributed by atoms with Crippen LogP contribution in [0.1, 0.15) is 157 Å². The molecule has 6 rings (SSSR count). The number of nitrogens with one attached hydrogen (secondary N) is 2. The zero-order valence-corrected chi connectivity index (χ0v) is 37.5. The van der Waals surface area contributed by atoms with Gasteiger partial charge in [-0.05, 0) is 159 Å². The Hall–Kier alpha value is -3.46. The molecule has 0 aliphatic heterocycles. The van der Waals surface area contributed by atoms with Gasteiger partial charge in [0.05, 0.1) is 11.5 Å². The number of esters is 2. The summed E-state index contributed by atoms with van der Waals surface area (Å²) in [5, 5.41) is 17.5. The van der Waals surface area contributed by atoms with Gasteiger partial charge in [0.15, 0.2) is 11.5 Å². The molecular weight excluding hydrogens is 741 g/mol. The van der Waals surface area contributed by atoms with Gasteiger partial charge in [-0.2, -0.15) is 0 Å². The van der Waals surface area contributed by atoms with Crippen LogP contribution in [-0.2, 0) is 19.2 Å². The molecule has 3 N–H and O–H groups in total. The van der Waals surface area contributed by atoms with Gasteiger partial charge in [0.25, 0.3) is 0 Å². The lowest BCUT2D eigenvalue weighted by Crippen LogP contribution is -2.67. The molecule has 5 aliphatic rings. The summed E-state index contributed by atoms with van der Waals surface area (Å²) in [5.41, 5.74) is 2.18. The SMILES string of the molecule is C=C(C)[C@@H]1CC[C@]2(C(=O)NCCCCCCCNC(=O)/C=C/c3ccc(OC(C)=O)c(OC(C)=O)c3)CC[C@]3(C)C(CCC4[C@@]5(C)CC[C@H](O)C(C)(C)C5CC[C@]43C)C12. The zero-order chi connectivity index (χ0) is 43.0. The first-order valence-corrected chi connectivity index (χ1v) is 22.9. The van der Waals surface area contributed by atoms with Gasteiger partial charge in [-0.3, -0.25) is 19.2 Å². The number of amides is 2. The summed E-state index contributed by atoms with van der Waals surface area (Å²) in [5.74, 6) is 1.72. The Labute approximate surface area is 354 Å². The molecule has 9 heteroatoms. The molecule has 0 heterocycles. The maximum atomic E-state index is 14.5. The second-order valence-corrected chi connectivity index (χ2v) is 20.8. The third kappa shape index (κ3) is 8.44. The van der Waals surface area contributed by atoms with Crippen LogP contribution in [0.2, 0.25) is 0 Å². The molecule has 0 saturated heterocycles. The van der Waals surface area contributed by atoms with Crippen molar-refractivity contribution in [1.82, 2.24) is 10.6 Å². The fourth-order valence-electron chi connectivity index (χ4n) is 14.2. The standard InChI is InChI=1S/C50H74N2O7/c1-32(2)36-21-26-50(28-27-48(8)37(44(36)50)17-19-41-47(7)24-23-42(55)46(5,6)40(47)22-25-49(41,48)9)45(57)52-30-14-12-10-11-13-29-51-43(56)20-16-35-15-18-38(58-33(3)53)39(31-35)59-34(4)54/h15-16,18,20,31,36-37,40-42,44,55H,1,10-14,17,19,21-30H2,2-9H3,(H,51,56)(H,52,57)/b20-16+/t36-,37?,40?,41?,42-,44?,47-,48+,49+,50-/m0/s1.